The predicted molar refractivity (Wildman–Crippen MR) is 127 cm³/mol. The first-order chi connectivity index (χ1) is 16.0. The Morgan fingerprint density at radius 3 is 2.45 bits per heavy atom. The van der Waals surface area contributed by atoms with Crippen molar-refractivity contribution in [1.29, 1.82) is 0 Å². The third kappa shape index (κ3) is 6.20. The molecule has 172 valence electrons. The van der Waals surface area contributed by atoms with Crippen LogP contribution in [0.5, 0.6) is 0 Å². The number of carbonyl (C=O) groups excluding carboxylic acids is 2. The van der Waals surface area contributed by atoms with E-state index in [2.05, 4.69) is 21.0 Å². The lowest BCUT2D eigenvalue weighted by atomic mass is 10.2. The van der Waals surface area contributed by atoms with Gasteiger partial charge in [-0.15, -0.1) is 0 Å². The minimum atomic E-state index is -0.380. The van der Waals surface area contributed by atoms with E-state index in [0.29, 0.717) is 31.1 Å². The molecule has 1 fully saturated rings. The molecule has 3 aromatic rings. The molecule has 0 radical (unpaired) electrons. The van der Waals surface area contributed by atoms with Crippen LogP contribution in [-0.4, -0.2) is 34.4 Å². The minimum absolute atomic E-state index is 0.129. The van der Waals surface area contributed by atoms with E-state index in [4.69, 9.17) is 4.74 Å². The average molecular weight is 448 g/mol. The largest absolute Gasteiger partial charge is 0.368 e. The van der Waals surface area contributed by atoms with Crippen LogP contribution in [-0.2, 0) is 22.6 Å². The lowest BCUT2D eigenvalue weighted by Crippen LogP contribution is -2.28. The molecular formula is C25H29N5O3. The van der Waals surface area contributed by atoms with E-state index in [0.717, 1.165) is 35.4 Å². The number of hydrogen-bond acceptors (Lipinski definition) is 4. The highest BCUT2D eigenvalue weighted by Gasteiger charge is 2.23. The summed E-state index contributed by atoms with van der Waals surface area (Å²) in [5, 5.41) is 13.1. The molecular weight excluding hydrogens is 418 g/mol. The second kappa shape index (κ2) is 10.3. The summed E-state index contributed by atoms with van der Waals surface area (Å²) in [5.41, 5.74) is 5.41. The lowest BCUT2D eigenvalue weighted by molar-refractivity contribution is -0.124. The zero-order chi connectivity index (χ0) is 23.2. The molecule has 1 unspecified atom stereocenters. The number of aromatic nitrogens is 2. The van der Waals surface area contributed by atoms with Crippen LogP contribution in [0.25, 0.3) is 0 Å². The van der Waals surface area contributed by atoms with E-state index in [1.165, 1.54) is 0 Å². The maximum Gasteiger partial charge on any atom is 0.319 e. The van der Waals surface area contributed by atoms with Gasteiger partial charge in [0.1, 0.15) is 6.10 Å². The Balaban J connectivity index is 1.29. The lowest BCUT2D eigenvalue weighted by Gasteiger charge is -2.12. The number of rotatable bonds is 7. The van der Waals surface area contributed by atoms with Crippen molar-refractivity contribution in [2.45, 2.75) is 45.9 Å². The Kier molecular flexibility index (Phi) is 7.04. The molecule has 0 saturated carbocycles. The number of ether oxygens (including phenoxy) is 1. The van der Waals surface area contributed by atoms with Gasteiger partial charge in [0.05, 0.1) is 12.2 Å². The van der Waals surface area contributed by atoms with Crippen LogP contribution >= 0.6 is 0 Å². The first-order valence-electron chi connectivity index (χ1n) is 11.1. The fraction of sp³-hybridized carbons (Fsp3) is 0.320. The summed E-state index contributed by atoms with van der Waals surface area (Å²) >= 11 is 0. The zero-order valence-corrected chi connectivity index (χ0v) is 18.9. The van der Waals surface area contributed by atoms with Crippen molar-refractivity contribution in [1.82, 2.24) is 15.1 Å². The summed E-state index contributed by atoms with van der Waals surface area (Å²) in [6.45, 7) is 5.60. The van der Waals surface area contributed by atoms with Gasteiger partial charge in [0.25, 0.3) is 5.91 Å². The zero-order valence-electron chi connectivity index (χ0n) is 18.9. The van der Waals surface area contributed by atoms with Crippen molar-refractivity contribution in [2.75, 3.05) is 17.2 Å². The van der Waals surface area contributed by atoms with Crippen LogP contribution in [0.2, 0.25) is 0 Å². The number of aryl methyl sites for hydroxylation is 2. The van der Waals surface area contributed by atoms with Crippen molar-refractivity contribution >= 4 is 23.3 Å². The highest BCUT2D eigenvalue weighted by molar-refractivity contribution is 5.94. The summed E-state index contributed by atoms with van der Waals surface area (Å²) in [6.07, 6.45) is 1.27. The second-order valence-corrected chi connectivity index (χ2v) is 8.28. The Morgan fingerprint density at radius 1 is 1.03 bits per heavy atom. The van der Waals surface area contributed by atoms with Gasteiger partial charge in [-0.3, -0.25) is 9.48 Å². The van der Waals surface area contributed by atoms with E-state index in [1.807, 2.05) is 73.1 Å². The molecule has 2 aromatic carbocycles. The van der Waals surface area contributed by atoms with E-state index >= 15 is 0 Å². The van der Waals surface area contributed by atoms with Gasteiger partial charge >= 0.3 is 6.03 Å². The van der Waals surface area contributed by atoms with Crippen molar-refractivity contribution < 1.29 is 14.3 Å². The fourth-order valence-electron chi connectivity index (χ4n) is 3.88. The van der Waals surface area contributed by atoms with Gasteiger partial charge in [0.2, 0.25) is 0 Å². The molecule has 3 amide bonds. The highest BCUT2D eigenvalue weighted by atomic mass is 16.5. The van der Waals surface area contributed by atoms with E-state index < -0.39 is 0 Å². The van der Waals surface area contributed by atoms with Gasteiger partial charge < -0.3 is 20.7 Å². The number of anilines is 2. The predicted octanol–water partition coefficient (Wildman–Crippen LogP) is 3.99. The summed E-state index contributed by atoms with van der Waals surface area (Å²) < 4.78 is 7.36. The van der Waals surface area contributed by atoms with E-state index in [9.17, 15) is 9.59 Å². The van der Waals surface area contributed by atoms with Crippen molar-refractivity contribution in [2.24, 2.45) is 0 Å². The number of carbonyl (C=O) groups is 2. The number of urea groups is 1. The number of hydrogen-bond donors (Lipinski definition) is 3. The molecule has 0 aliphatic carbocycles. The SMILES string of the molecule is Cc1cc(C)n(Cc2cccc(NC(=O)NCc3cccc(NC(=O)C4CCCO4)c3)c2)n1. The van der Waals surface area contributed by atoms with Gasteiger partial charge in [-0.25, -0.2) is 4.79 Å². The molecule has 0 spiro atoms. The van der Waals surface area contributed by atoms with Crippen LogP contribution in [0.4, 0.5) is 16.2 Å². The summed E-state index contributed by atoms with van der Waals surface area (Å²) in [6, 6.07) is 16.9. The molecule has 3 N–H and O–H groups in total. The molecule has 1 atom stereocenters. The van der Waals surface area contributed by atoms with Crippen molar-refractivity contribution in [3.8, 4) is 0 Å². The molecule has 33 heavy (non-hydrogen) atoms. The van der Waals surface area contributed by atoms with Crippen molar-refractivity contribution in [3.05, 3.63) is 77.1 Å². The molecule has 0 bridgehead atoms. The van der Waals surface area contributed by atoms with Gasteiger partial charge in [-0.05, 0) is 68.1 Å². The molecule has 1 aliphatic heterocycles. The minimum Gasteiger partial charge on any atom is -0.368 e. The van der Waals surface area contributed by atoms with Crippen LogP contribution < -0.4 is 16.0 Å². The maximum atomic E-state index is 12.4. The van der Waals surface area contributed by atoms with Gasteiger partial charge in [-0.2, -0.15) is 5.10 Å². The number of nitrogens with one attached hydrogen (secondary N) is 3. The Morgan fingerprint density at radius 2 is 1.76 bits per heavy atom. The number of benzene rings is 2. The molecule has 8 heteroatoms. The molecule has 8 nitrogen and oxygen atoms in total. The standard InChI is InChI=1S/C25H29N5O3/c1-17-12-18(2)30(29-17)16-20-7-4-9-22(14-20)28-25(32)26-15-19-6-3-8-21(13-19)27-24(31)23-10-5-11-33-23/h3-4,6-9,12-14,23H,5,10-11,15-16H2,1-2H3,(H,27,31)(H2,26,28,32). The monoisotopic (exact) mass is 447 g/mol. The van der Waals surface area contributed by atoms with Crippen LogP contribution in [0.3, 0.4) is 0 Å². The van der Waals surface area contributed by atoms with E-state index in [1.54, 1.807) is 0 Å². The Labute approximate surface area is 193 Å². The van der Waals surface area contributed by atoms with Crippen LogP contribution in [0, 0.1) is 13.8 Å². The van der Waals surface area contributed by atoms with Gasteiger partial charge in [0.15, 0.2) is 0 Å². The van der Waals surface area contributed by atoms with Crippen molar-refractivity contribution in [3.63, 3.8) is 0 Å². The normalized spacial score (nSPS) is 15.3. The van der Waals surface area contributed by atoms with E-state index in [-0.39, 0.29) is 18.0 Å². The summed E-state index contributed by atoms with van der Waals surface area (Å²) in [4.78, 5) is 24.7. The third-order valence-electron chi connectivity index (χ3n) is 5.49. The number of amides is 3. The smallest absolute Gasteiger partial charge is 0.319 e. The molecule has 4 rings (SSSR count). The Bertz CT molecular complexity index is 1130. The quantitative estimate of drug-likeness (QED) is 0.510. The molecule has 1 saturated heterocycles. The fourth-order valence-corrected chi connectivity index (χ4v) is 3.88. The van der Waals surface area contributed by atoms with Gasteiger partial charge in [-0.1, -0.05) is 24.3 Å². The summed E-state index contributed by atoms with van der Waals surface area (Å²) in [7, 11) is 0. The molecule has 1 aliphatic rings. The molecule has 1 aromatic heterocycles. The summed E-state index contributed by atoms with van der Waals surface area (Å²) in [5.74, 6) is -0.129. The highest BCUT2D eigenvalue weighted by Crippen LogP contribution is 2.17. The topological polar surface area (TPSA) is 97.3 Å². The Hall–Kier alpha value is -3.65. The van der Waals surface area contributed by atoms with Crippen LogP contribution in [0.1, 0.15) is 35.4 Å². The first kappa shape index (κ1) is 22.5. The van der Waals surface area contributed by atoms with Crippen LogP contribution in [0.15, 0.2) is 54.6 Å². The number of nitrogens with zero attached hydrogens (tertiary/aromatic N) is 2. The second-order valence-electron chi connectivity index (χ2n) is 8.28. The molecule has 2 heterocycles. The first-order valence-corrected chi connectivity index (χ1v) is 11.1. The van der Waals surface area contributed by atoms with Gasteiger partial charge in [0, 0.05) is 30.2 Å². The third-order valence-corrected chi connectivity index (χ3v) is 5.49. The maximum absolute atomic E-state index is 12.4. The average Bonchev–Trinajstić information content (AvgIpc) is 3.43.